The zero-order valence-electron chi connectivity index (χ0n) is 14.5. The molecule has 2 fully saturated rings. The first-order valence-electron chi connectivity index (χ1n) is 9.39. The molecule has 4 rings (SSSR count). The van der Waals surface area contributed by atoms with Gasteiger partial charge in [-0.25, -0.2) is 0 Å². The number of aromatic nitrogens is 1. The standard InChI is InChI=1S/C20H26N2O3/c23-19(12-15-4-1-2-5-15)22-10-11-24-20-17(22)7-8-18(20)25-14-16-6-3-9-21-13-16/h1,3-4,6,9,13,15,17-18,20H,2,5,7-8,10-12,14H2/t15?,17-,18-,20+/m0/s1. The molecule has 3 aliphatic rings. The molecule has 1 aliphatic heterocycles. The first kappa shape index (κ1) is 16.7. The van der Waals surface area contributed by atoms with Gasteiger partial charge < -0.3 is 14.4 Å². The molecule has 5 heteroatoms. The van der Waals surface area contributed by atoms with Gasteiger partial charge in [0.25, 0.3) is 0 Å². The summed E-state index contributed by atoms with van der Waals surface area (Å²) in [5.41, 5.74) is 1.07. The quantitative estimate of drug-likeness (QED) is 0.772. The van der Waals surface area contributed by atoms with Gasteiger partial charge in [-0.1, -0.05) is 18.2 Å². The third kappa shape index (κ3) is 3.77. The average Bonchev–Trinajstić information content (AvgIpc) is 3.30. The van der Waals surface area contributed by atoms with E-state index in [1.807, 2.05) is 18.3 Å². The minimum absolute atomic E-state index is 0.00786. The number of carbonyl (C=O) groups excluding carboxylic acids is 1. The van der Waals surface area contributed by atoms with Crippen LogP contribution < -0.4 is 0 Å². The van der Waals surface area contributed by atoms with E-state index in [9.17, 15) is 4.79 Å². The molecule has 1 saturated heterocycles. The van der Waals surface area contributed by atoms with Crippen molar-refractivity contribution in [1.82, 2.24) is 9.88 Å². The van der Waals surface area contributed by atoms with Crippen LogP contribution in [0.5, 0.6) is 0 Å². The van der Waals surface area contributed by atoms with E-state index in [0.29, 0.717) is 32.1 Å². The maximum atomic E-state index is 12.8. The van der Waals surface area contributed by atoms with E-state index in [2.05, 4.69) is 22.0 Å². The number of rotatable bonds is 5. The summed E-state index contributed by atoms with van der Waals surface area (Å²) in [6.07, 6.45) is 12.8. The fourth-order valence-electron chi connectivity index (χ4n) is 4.30. The molecule has 134 valence electrons. The van der Waals surface area contributed by atoms with Crippen molar-refractivity contribution in [2.24, 2.45) is 5.92 Å². The number of allylic oxidation sites excluding steroid dienone is 2. The lowest BCUT2D eigenvalue weighted by Crippen LogP contribution is -2.54. The summed E-state index contributed by atoms with van der Waals surface area (Å²) in [5, 5.41) is 0. The Hall–Kier alpha value is -1.72. The van der Waals surface area contributed by atoms with Crippen LogP contribution in [0.4, 0.5) is 0 Å². The van der Waals surface area contributed by atoms with Crippen molar-refractivity contribution >= 4 is 5.91 Å². The summed E-state index contributed by atoms with van der Waals surface area (Å²) in [4.78, 5) is 19.0. The molecule has 0 radical (unpaired) electrons. The van der Waals surface area contributed by atoms with E-state index in [1.165, 1.54) is 0 Å². The molecule has 1 unspecified atom stereocenters. The predicted octanol–water partition coefficient (Wildman–Crippen LogP) is 2.71. The molecular weight excluding hydrogens is 316 g/mol. The second-order valence-corrected chi connectivity index (χ2v) is 7.25. The van der Waals surface area contributed by atoms with Crippen molar-refractivity contribution in [3.8, 4) is 0 Å². The van der Waals surface area contributed by atoms with E-state index < -0.39 is 0 Å². The minimum atomic E-state index is 0.00786. The third-order valence-electron chi connectivity index (χ3n) is 5.59. The van der Waals surface area contributed by atoms with Crippen LogP contribution in [-0.4, -0.2) is 47.2 Å². The van der Waals surface area contributed by atoms with E-state index in [1.54, 1.807) is 6.20 Å². The molecule has 1 amide bonds. The van der Waals surface area contributed by atoms with Crippen molar-refractivity contribution in [2.75, 3.05) is 13.2 Å². The smallest absolute Gasteiger partial charge is 0.223 e. The van der Waals surface area contributed by atoms with Gasteiger partial charge in [0.2, 0.25) is 5.91 Å². The number of carbonyl (C=O) groups is 1. The van der Waals surface area contributed by atoms with Crippen LogP contribution in [-0.2, 0) is 20.9 Å². The van der Waals surface area contributed by atoms with Gasteiger partial charge >= 0.3 is 0 Å². The molecule has 1 saturated carbocycles. The normalized spacial score (nSPS) is 31.3. The van der Waals surface area contributed by atoms with Crippen molar-refractivity contribution in [2.45, 2.75) is 57.0 Å². The minimum Gasteiger partial charge on any atom is -0.372 e. The number of hydrogen-bond donors (Lipinski definition) is 0. The van der Waals surface area contributed by atoms with E-state index >= 15 is 0 Å². The Morgan fingerprint density at radius 1 is 1.36 bits per heavy atom. The summed E-state index contributed by atoms with van der Waals surface area (Å²) < 4.78 is 12.1. The molecule has 0 spiro atoms. The van der Waals surface area contributed by atoms with Crippen LogP contribution in [0.3, 0.4) is 0 Å². The molecule has 25 heavy (non-hydrogen) atoms. The highest BCUT2D eigenvalue weighted by Gasteiger charge is 2.45. The Balaban J connectivity index is 1.35. The van der Waals surface area contributed by atoms with Gasteiger partial charge in [-0.2, -0.15) is 0 Å². The van der Waals surface area contributed by atoms with Crippen LogP contribution >= 0.6 is 0 Å². The van der Waals surface area contributed by atoms with Crippen LogP contribution in [0.2, 0.25) is 0 Å². The molecule has 1 aromatic rings. The van der Waals surface area contributed by atoms with Crippen LogP contribution in [0.15, 0.2) is 36.7 Å². The summed E-state index contributed by atoms with van der Waals surface area (Å²) >= 11 is 0. The van der Waals surface area contributed by atoms with Crippen LogP contribution in [0.1, 0.15) is 37.7 Å². The molecule has 2 heterocycles. The number of amides is 1. The molecular formula is C20H26N2O3. The summed E-state index contributed by atoms with van der Waals surface area (Å²) in [6, 6.07) is 4.11. The van der Waals surface area contributed by atoms with Crippen molar-refractivity contribution < 1.29 is 14.3 Å². The Bertz CT molecular complexity index is 619. The Kier molecular flexibility index (Phi) is 5.13. The van der Waals surface area contributed by atoms with Gasteiger partial charge in [-0.3, -0.25) is 9.78 Å². The third-order valence-corrected chi connectivity index (χ3v) is 5.59. The maximum Gasteiger partial charge on any atom is 0.223 e. The summed E-state index contributed by atoms with van der Waals surface area (Å²) in [7, 11) is 0. The van der Waals surface area contributed by atoms with E-state index in [0.717, 1.165) is 31.2 Å². The highest BCUT2D eigenvalue weighted by molar-refractivity contribution is 5.77. The number of hydrogen-bond acceptors (Lipinski definition) is 4. The summed E-state index contributed by atoms with van der Waals surface area (Å²) in [6.45, 7) is 1.87. The molecule has 0 N–H and O–H groups in total. The first-order chi connectivity index (χ1) is 12.3. The first-order valence-corrected chi connectivity index (χ1v) is 9.39. The van der Waals surface area contributed by atoms with Gasteiger partial charge in [-0.05, 0) is 43.2 Å². The van der Waals surface area contributed by atoms with Gasteiger partial charge in [-0.15, -0.1) is 0 Å². The van der Waals surface area contributed by atoms with Crippen LogP contribution in [0, 0.1) is 5.92 Å². The zero-order valence-corrected chi connectivity index (χ0v) is 14.5. The lowest BCUT2D eigenvalue weighted by Gasteiger charge is -2.39. The fraction of sp³-hybridized carbons (Fsp3) is 0.600. The highest BCUT2D eigenvalue weighted by atomic mass is 16.5. The molecule has 5 nitrogen and oxygen atoms in total. The van der Waals surface area contributed by atoms with Gasteiger partial charge in [0, 0.05) is 25.4 Å². The number of morpholine rings is 1. The van der Waals surface area contributed by atoms with Crippen molar-refractivity contribution in [3.63, 3.8) is 0 Å². The van der Waals surface area contributed by atoms with E-state index in [4.69, 9.17) is 9.47 Å². The molecule has 0 bridgehead atoms. The lowest BCUT2D eigenvalue weighted by molar-refractivity contribution is -0.152. The maximum absolute atomic E-state index is 12.8. The Morgan fingerprint density at radius 3 is 3.12 bits per heavy atom. The largest absolute Gasteiger partial charge is 0.372 e. The highest BCUT2D eigenvalue weighted by Crippen LogP contribution is 2.34. The molecule has 4 atom stereocenters. The molecule has 2 aliphatic carbocycles. The Labute approximate surface area is 149 Å². The van der Waals surface area contributed by atoms with Crippen molar-refractivity contribution in [1.29, 1.82) is 0 Å². The van der Waals surface area contributed by atoms with E-state index in [-0.39, 0.29) is 24.2 Å². The monoisotopic (exact) mass is 342 g/mol. The zero-order chi connectivity index (χ0) is 17.1. The molecule has 1 aromatic heterocycles. The number of nitrogens with zero attached hydrogens (tertiary/aromatic N) is 2. The van der Waals surface area contributed by atoms with Crippen LogP contribution in [0.25, 0.3) is 0 Å². The number of pyridine rings is 1. The van der Waals surface area contributed by atoms with Gasteiger partial charge in [0.05, 0.1) is 25.4 Å². The van der Waals surface area contributed by atoms with Gasteiger partial charge in [0.15, 0.2) is 0 Å². The molecule has 0 aromatic carbocycles. The SMILES string of the molecule is O=C(CC1C=CCC1)N1CCO[C@H]2[C@@H](OCc3cccnc3)CC[C@@H]21. The fourth-order valence-corrected chi connectivity index (χ4v) is 4.30. The topological polar surface area (TPSA) is 51.7 Å². The number of fused-ring (bicyclic) bond motifs is 1. The van der Waals surface area contributed by atoms with Gasteiger partial charge in [0.1, 0.15) is 6.10 Å². The Morgan fingerprint density at radius 2 is 2.32 bits per heavy atom. The lowest BCUT2D eigenvalue weighted by atomic mass is 10.0. The second kappa shape index (κ2) is 7.67. The average molecular weight is 342 g/mol. The van der Waals surface area contributed by atoms with Crippen molar-refractivity contribution in [3.05, 3.63) is 42.2 Å². The number of ether oxygens (including phenoxy) is 2. The predicted molar refractivity (Wildman–Crippen MR) is 93.8 cm³/mol. The second-order valence-electron chi connectivity index (χ2n) is 7.25. The summed E-state index contributed by atoms with van der Waals surface area (Å²) in [5.74, 6) is 0.704.